The molecule has 0 aliphatic rings. The maximum absolute atomic E-state index is 13.2. The number of hydrogen-bond acceptors (Lipinski definition) is 3. The molecule has 31 heavy (non-hydrogen) atoms. The van der Waals surface area contributed by atoms with Crippen LogP contribution in [0.1, 0.15) is 51.2 Å². The second-order valence-corrected chi connectivity index (χ2v) is 9.16. The van der Waals surface area contributed by atoms with E-state index < -0.39 is 6.04 Å². The highest BCUT2D eigenvalue weighted by atomic mass is 35.5. The maximum atomic E-state index is 13.2. The lowest BCUT2D eigenvalue weighted by Gasteiger charge is -2.31. The lowest BCUT2D eigenvalue weighted by Crippen LogP contribution is -2.50. The molecule has 2 aromatic rings. The Balaban J connectivity index is 2.08. The molecule has 168 valence electrons. The van der Waals surface area contributed by atoms with Gasteiger partial charge in [0.05, 0.1) is 0 Å². The average molecular weight is 461 g/mol. The Morgan fingerprint density at radius 2 is 1.71 bits per heavy atom. The Morgan fingerprint density at radius 1 is 1.03 bits per heavy atom. The minimum atomic E-state index is -0.517. The second-order valence-electron chi connectivity index (χ2n) is 7.64. The highest BCUT2D eigenvalue weighted by Crippen LogP contribution is 2.21. The number of thioether (sulfide) groups is 1. The highest BCUT2D eigenvalue weighted by molar-refractivity contribution is 7.98. The van der Waals surface area contributed by atoms with Crippen molar-refractivity contribution in [3.63, 3.8) is 0 Å². The Hall–Kier alpha value is -1.98. The third-order valence-electron chi connectivity index (χ3n) is 5.26. The molecule has 0 fully saturated rings. The van der Waals surface area contributed by atoms with Crippen LogP contribution < -0.4 is 5.32 Å². The molecule has 4 nitrogen and oxygen atoms in total. The fraction of sp³-hybridized carbons (Fsp3) is 0.440. The first-order valence-corrected chi connectivity index (χ1v) is 12.4. The van der Waals surface area contributed by atoms with Crippen molar-refractivity contribution in [3.05, 3.63) is 70.7 Å². The Labute approximate surface area is 195 Å². The van der Waals surface area contributed by atoms with Gasteiger partial charge in [-0.3, -0.25) is 9.59 Å². The molecule has 2 amide bonds. The summed E-state index contributed by atoms with van der Waals surface area (Å²) in [6, 6.07) is 17.3. The van der Waals surface area contributed by atoms with Crippen LogP contribution >= 0.6 is 23.4 Å². The zero-order chi connectivity index (χ0) is 22.6. The number of benzene rings is 2. The molecule has 1 N–H and O–H groups in total. The number of nitrogens with zero attached hydrogens (tertiary/aromatic N) is 1. The van der Waals surface area contributed by atoms with E-state index in [0.29, 0.717) is 30.2 Å². The van der Waals surface area contributed by atoms with E-state index in [1.165, 1.54) is 5.56 Å². The first kappa shape index (κ1) is 25.3. The first-order valence-electron chi connectivity index (χ1n) is 10.9. The molecule has 0 saturated heterocycles. The van der Waals surface area contributed by atoms with Gasteiger partial charge in [0.25, 0.3) is 0 Å². The summed E-state index contributed by atoms with van der Waals surface area (Å²) in [5.41, 5.74) is 2.09. The Bertz CT molecular complexity index is 831. The minimum absolute atomic E-state index is 0.0216. The third-order valence-corrected chi connectivity index (χ3v) is 6.66. The molecule has 0 radical (unpaired) electrons. The van der Waals surface area contributed by atoms with Crippen molar-refractivity contribution in [2.45, 2.75) is 64.4 Å². The van der Waals surface area contributed by atoms with Gasteiger partial charge in [0.1, 0.15) is 6.04 Å². The van der Waals surface area contributed by atoms with Crippen molar-refractivity contribution in [1.82, 2.24) is 10.2 Å². The zero-order valence-corrected chi connectivity index (χ0v) is 20.2. The van der Waals surface area contributed by atoms with Gasteiger partial charge in [-0.25, -0.2) is 0 Å². The summed E-state index contributed by atoms with van der Waals surface area (Å²) in [5.74, 6) is 1.45. The van der Waals surface area contributed by atoms with Gasteiger partial charge in [0, 0.05) is 35.5 Å². The highest BCUT2D eigenvalue weighted by Gasteiger charge is 2.29. The number of halogens is 1. The molecule has 0 bridgehead atoms. The largest absolute Gasteiger partial charge is 0.352 e. The van der Waals surface area contributed by atoms with Crippen molar-refractivity contribution in [2.75, 3.05) is 5.75 Å². The van der Waals surface area contributed by atoms with Crippen LogP contribution in [0.25, 0.3) is 0 Å². The van der Waals surface area contributed by atoms with Crippen LogP contribution in [0.15, 0.2) is 54.6 Å². The molecule has 2 rings (SSSR count). The number of amides is 2. The summed E-state index contributed by atoms with van der Waals surface area (Å²) >= 11 is 8.09. The molecular weight excluding hydrogens is 428 g/mol. The SMILES string of the molecule is CC[C@H](C(=O)N[C@@H](C)CC)N(Cc1ccccc1Cl)C(=O)CCSCc1ccccc1. The van der Waals surface area contributed by atoms with Crippen LogP contribution in [0, 0.1) is 0 Å². The topological polar surface area (TPSA) is 49.4 Å². The predicted octanol–water partition coefficient (Wildman–Crippen LogP) is 5.69. The molecular formula is C25H33ClN2O2S. The van der Waals surface area contributed by atoms with E-state index in [1.807, 2.05) is 63.2 Å². The summed E-state index contributed by atoms with van der Waals surface area (Å²) in [7, 11) is 0. The smallest absolute Gasteiger partial charge is 0.243 e. The minimum Gasteiger partial charge on any atom is -0.352 e. The maximum Gasteiger partial charge on any atom is 0.243 e. The van der Waals surface area contributed by atoms with E-state index in [1.54, 1.807) is 16.7 Å². The number of hydrogen-bond donors (Lipinski definition) is 1. The van der Waals surface area contributed by atoms with Crippen molar-refractivity contribution in [1.29, 1.82) is 0 Å². The summed E-state index contributed by atoms with van der Waals surface area (Å²) in [6.45, 7) is 6.28. The molecule has 0 unspecified atom stereocenters. The monoisotopic (exact) mass is 460 g/mol. The predicted molar refractivity (Wildman–Crippen MR) is 131 cm³/mol. The van der Waals surface area contributed by atoms with Gasteiger partial charge < -0.3 is 10.2 Å². The van der Waals surface area contributed by atoms with Gasteiger partial charge >= 0.3 is 0 Å². The van der Waals surface area contributed by atoms with E-state index in [9.17, 15) is 9.59 Å². The van der Waals surface area contributed by atoms with Crippen molar-refractivity contribution < 1.29 is 9.59 Å². The van der Waals surface area contributed by atoms with Gasteiger partial charge in [0.2, 0.25) is 11.8 Å². The number of rotatable bonds is 12. The normalized spacial score (nSPS) is 12.8. The van der Waals surface area contributed by atoms with Gasteiger partial charge in [0.15, 0.2) is 0 Å². The number of nitrogens with one attached hydrogen (secondary N) is 1. The van der Waals surface area contributed by atoms with Crippen LogP contribution in [-0.4, -0.2) is 34.6 Å². The Kier molecular flexibility index (Phi) is 11.0. The quantitative estimate of drug-likeness (QED) is 0.414. The molecule has 0 aliphatic heterocycles. The van der Waals surface area contributed by atoms with E-state index in [0.717, 1.165) is 17.7 Å². The summed E-state index contributed by atoms with van der Waals surface area (Å²) in [6.07, 6.45) is 1.78. The van der Waals surface area contributed by atoms with Gasteiger partial charge in [-0.1, -0.05) is 74.0 Å². The summed E-state index contributed by atoms with van der Waals surface area (Å²) < 4.78 is 0. The first-order chi connectivity index (χ1) is 15.0. The zero-order valence-electron chi connectivity index (χ0n) is 18.6. The van der Waals surface area contributed by atoms with E-state index in [4.69, 9.17) is 11.6 Å². The lowest BCUT2D eigenvalue weighted by molar-refractivity contribution is -0.141. The van der Waals surface area contributed by atoms with Crippen LogP contribution in [-0.2, 0) is 21.9 Å². The Morgan fingerprint density at radius 3 is 2.35 bits per heavy atom. The molecule has 2 atom stereocenters. The van der Waals surface area contributed by atoms with E-state index >= 15 is 0 Å². The van der Waals surface area contributed by atoms with Crippen molar-refractivity contribution in [2.24, 2.45) is 0 Å². The molecule has 0 aliphatic carbocycles. The average Bonchev–Trinajstić information content (AvgIpc) is 2.78. The lowest BCUT2D eigenvalue weighted by atomic mass is 10.1. The molecule has 0 aromatic heterocycles. The fourth-order valence-corrected chi connectivity index (χ4v) is 4.33. The van der Waals surface area contributed by atoms with Gasteiger partial charge in [-0.05, 0) is 37.0 Å². The molecule has 0 heterocycles. The van der Waals surface area contributed by atoms with Crippen LogP contribution in [0.4, 0.5) is 0 Å². The van der Waals surface area contributed by atoms with Crippen molar-refractivity contribution >= 4 is 35.2 Å². The van der Waals surface area contributed by atoms with Crippen molar-refractivity contribution in [3.8, 4) is 0 Å². The molecule has 2 aromatic carbocycles. The fourth-order valence-electron chi connectivity index (χ4n) is 3.24. The summed E-state index contributed by atoms with van der Waals surface area (Å²) in [4.78, 5) is 27.9. The van der Waals surface area contributed by atoms with Crippen LogP contribution in [0.5, 0.6) is 0 Å². The number of carbonyl (C=O) groups excluding carboxylic acids is 2. The third kappa shape index (κ3) is 8.23. The van der Waals surface area contributed by atoms with Crippen LogP contribution in [0.2, 0.25) is 5.02 Å². The number of carbonyl (C=O) groups is 2. The molecule has 0 spiro atoms. The molecule has 6 heteroatoms. The second kappa shape index (κ2) is 13.4. The van der Waals surface area contributed by atoms with Gasteiger partial charge in [-0.15, -0.1) is 0 Å². The van der Waals surface area contributed by atoms with E-state index in [2.05, 4.69) is 17.4 Å². The standard InChI is InChI=1S/C25H33ClN2O2S/c1-4-19(3)27-25(30)23(5-2)28(17-21-13-9-10-14-22(21)26)24(29)15-16-31-18-20-11-7-6-8-12-20/h6-14,19,23H,4-5,15-18H2,1-3H3,(H,27,30)/t19-,23+/m0/s1. The molecule has 0 saturated carbocycles. The van der Waals surface area contributed by atoms with E-state index in [-0.39, 0.29) is 17.9 Å². The van der Waals surface area contributed by atoms with Gasteiger partial charge in [-0.2, -0.15) is 11.8 Å². The van der Waals surface area contributed by atoms with Crippen LogP contribution in [0.3, 0.4) is 0 Å². The summed E-state index contributed by atoms with van der Waals surface area (Å²) in [5, 5.41) is 3.64.